The van der Waals surface area contributed by atoms with Crippen molar-refractivity contribution in [3.8, 4) is 0 Å². The first-order chi connectivity index (χ1) is 7.31. The van der Waals surface area contributed by atoms with Gasteiger partial charge in [-0.1, -0.05) is 24.3 Å². The average Bonchev–Trinajstić information content (AvgIpc) is 2.29. The summed E-state index contributed by atoms with van der Waals surface area (Å²) in [6, 6.07) is 7.95. The van der Waals surface area contributed by atoms with E-state index in [0.717, 1.165) is 6.54 Å². The van der Waals surface area contributed by atoms with Gasteiger partial charge in [-0.15, -0.1) is 0 Å². The number of nitrogens with one attached hydrogen (secondary N) is 2. The summed E-state index contributed by atoms with van der Waals surface area (Å²) in [6.45, 7) is 0.734. The molecule has 0 bridgehead atoms. The summed E-state index contributed by atoms with van der Waals surface area (Å²) in [5.74, 6) is -0.119. The van der Waals surface area contributed by atoms with E-state index in [1.54, 1.807) is 0 Å². The summed E-state index contributed by atoms with van der Waals surface area (Å²) < 4.78 is 0. The van der Waals surface area contributed by atoms with Crippen LogP contribution in [0.4, 0.5) is 0 Å². The largest absolute Gasteiger partial charge is 0.301 e. The van der Waals surface area contributed by atoms with Crippen molar-refractivity contribution in [2.75, 3.05) is 7.11 Å². The Hall–Kier alpha value is -1.39. The maximum absolute atomic E-state index is 11.5. The molecule has 1 aliphatic rings. The highest BCUT2D eigenvalue weighted by Gasteiger charge is 2.23. The molecule has 1 aliphatic heterocycles. The fraction of sp³-hybridized carbons (Fsp3) is 0.364. The summed E-state index contributed by atoms with van der Waals surface area (Å²) in [6.07, 6.45) is 0.714. The summed E-state index contributed by atoms with van der Waals surface area (Å²) in [7, 11) is 1.44. The molecule has 1 aromatic carbocycles. The Morgan fingerprint density at radius 3 is 2.93 bits per heavy atom. The number of carbonyl (C=O) groups is 1. The molecule has 0 radical (unpaired) electrons. The van der Waals surface area contributed by atoms with Gasteiger partial charge in [0, 0.05) is 6.54 Å². The number of hydrogen-bond donors (Lipinski definition) is 2. The van der Waals surface area contributed by atoms with Crippen LogP contribution in [-0.2, 0) is 22.6 Å². The number of carbonyl (C=O) groups excluding carboxylic acids is 1. The van der Waals surface area contributed by atoms with E-state index in [0.29, 0.717) is 6.42 Å². The molecule has 1 atom stereocenters. The standard InChI is InChI=1S/C11H14N2O2/c1-15-13-11(14)10-6-8-4-2-3-5-9(8)7-12-10/h2-5,10,12H,6-7H2,1H3,(H,13,14)/t10-/m1/s1. The van der Waals surface area contributed by atoms with Crippen LogP contribution in [0.15, 0.2) is 24.3 Å². The van der Waals surface area contributed by atoms with Crippen LogP contribution in [0.1, 0.15) is 11.1 Å². The predicted molar refractivity (Wildman–Crippen MR) is 55.9 cm³/mol. The molecule has 4 heteroatoms. The normalized spacial score (nSPS) is 19.4. The van der Waals surface area contributed by atoms with Crippen LogP contribution >= 0.6 is 0 Å². The van der Waals surface area contributed by atoms with E-state index in [2.05, 4.69) is 27.8 Å². The molecular weight excluding hydrogens is 192 g/mol. The van der Waals surface area contributed by atoms with E-state index >= 15 is 0 Å². The van der Waals surface area contributed by atoms with Crippen molar-refractivity contribution < 1.29 is 9.63 Å². The fourth-order valence-electron chi connectivity index (χ4n) is 1.81. The van der Waals surface area contributed by atoms with Crippen LogP contribution in [0.2, 0.25) is 0 Å². The number of hydrogen-bond acceptors (Lipinski definition) is 3. The van der Waals surface area contributed by atoms with Gasteiger partial charge in [0.15, 0.2) is 0 Å². The van der Waals surface area contributed by atoms with Gasteiger partial charge in [0.25, 0.3) is 5.91 Å². The van der Waals surface area contributed by atoms with Gasteiger partial charge < -0.3 is 5.32 Å². The third-order valence-electron chi connectivity index (χ3n) is 2.60. The molecule has 2 N–H and O–H groups in total. The van der Waals surface area contributed by atoms with Crippen LogP contribution < -0.4 is 10.8 Å². The zero-order valence-electron chi connectivity index (χ0n) is 8.62. The van der Waals surface area contributed by atoms with Crippen LogP contribution in [0.3, 0.4) is 0 Å². The first kappa shape index (κ1) is 10.1. The van der Waals surface area contributed by atoms with E-state index in [4.69, 9.17) is 0 Å². The maximum atomic E-state index is 11.5. The second-order valence-corrected chi connectivity index (χ2v) is 3.58. The lowest BCUT2D eigenvalue weighted by Gasteiger charge is -2.24. The van der Waals surface area contributed by atoms with Crippen molar-refractivity contribution in [2.24, 2.45) is 0 Å². The molecule has 0 aliphatic carbocycles. The first-order valence-corrected chi connectivity index (χ1v) is 4.94. The maximum Gasteiger partial charge on any atom is 0.260 e. The SMILES string of the molecule is CONC(=O)[C@H]1Cc2ccccc2CN1. The second-order valence-electron chi connectivity index (χ2n) is 3.58. The van der Waals surface area contributed by atoms with Crippen molar-refractivity contribution in [1.29, 1.82) is 0 Å². The van der Waals surface area contributed by atoms with Gasteiger partial charge in [-0.25, -0.2) is 5.48 Å². The number of hydroxylamine groups is 1. The Morgan fingerprint density at radius 2 is 2.20 bits per heavy atom. The van der Waals surface area contributed by atoms with E-state index in [1.165, 1.54) is 18.2 Å². The Kier molecular flexibility index (Phi) is 2.99. The van der Waals surface area contributed by atoms with Gasteiger partial charge in [-0.05, 0) is 17.5 Å². The number of rotatable bonds is 2. The van der Waals surface area contributed by atoms with E-state index in [9.17, 15) is 4.79 Å². The van der Waals surface area contributed by atoms with Gasteiger partial charge in [-0.2, -0.15) is 0 Å². The molecule has 1 heterocycles. The minimum atomic E-state index is -0.195. The minimum absolute atomic E-state index is 0.119. The van der Waals surface area contributed by atoms with Gasteiger partial charge in [-0.3, -0.25) is 9.63 Å². The highest BCUT2D eigenvalue weighted by molar-refractivity contribution is 5.81. The Labute approximate surface area is 88.6 Å². The third-order valence-corrected chi connectivity index (χ3v) is 2.60. The molecule has 0 aromatic heterocycles. The predicted octanol–water partition coefficient (Wildman–Crippen LogP) is 0.378. The lowest BCUT2D eigenvalue weighted by Crippen LogP contribution is -2.47. The highest BCUT2D eigenvalue weighted by atomic mass is 16.6. The molecule has 15 heavy (non-hydrogen) atoms. The summed E-state index contributed by atoms with van der Waals surface area (Å²) >= 11 is 0. The Balaban J connectivity index is 2.08. The molecule has 0 spiro atoms. The quantitative estimate of drug-likeness (QED) is 0.688. The molecule has 0 fully saturated rings. The first-order valence-electron chi connectivity index (χ1n) is 4.94. The smallest absolute Gasteiger partial charge is 0.260 e. The van der Waals surface area contributed by atoms with Gasteiger partial charge in [0.1, 0.15) is 0 Å². The summed E-state index contributed by atoms with van der Waals surface area (Å²) in [5, 5.41) is 3.17. The van der Waals surface area contributed by atoms with Gasteiger partial charge in [0.2, 0.25) is 0 Å². The minimum Gasteiger partial charge on any atom is -0.301 e. The summed E-state index contributed by atoms with van der Waals surface area (Å²) in [5.41, 5.74) is 4.84. The monoisotopic (exact) mass is 206 g/mol. The van der Waals surface area contributed by atoms with E-state index < -0.39 is 0 Å². The zero-order valence-corrected chi connectivity index (χ0v) is 8.62. The van der Waals surface area contributed by atoms with Crippen molar-refractivity contribution in [2.45, 2.75) is 19.0 Å². The van der Waals surface area contributed by atoms with Crippen molar-refractivity contribution in [3.05, 3.63) is 35.4 Å². The fourth-order valence-corrected chi connectivity index (χ4v) is 1.81. The lowest BCUT2D eigenvalue weighted by atomic mass is 9.96. The van der Waals surface area contributed by atoms with Crippen LogP contribution in [0.5, 0.6) is 0 Å². The van der Waals surface area contributed by atoms with Crippen molar-refractivity contribution in [1.82, 2.24) is 10.8 Å². The molecule has 0 saturated carbocycles. The second kappa shape index (κ2) is 4.42. The van der Waals surface area contributed by atoms with Gasteiger partial charge >= 0.3 is 0 Å². The molecular formula is C11H14N2O2. The van der Waals surface area contributed by atoms with Crippen molar-refractivity contribution >= 4 is 5.91 Å². The number of amides is 1. The average molecular weight is 206 g/mol. The third kappa shape index (κ3) is 2.16. The number of benzene rings is 1. The molecule has 4 nitrogen and oxygen atoms in total. The zero-order chi connectivity index (χ0) is 10.7. The molecule has 1 aromatic rings. The summed E-state index contributed by atoms with van der Waals surface area (Å²) in [4.78, 5) is 16.1. The molecule has 80 valence electrons. The highest BCUT2D eigenvalue weighted by Crippen LogP contribution is 2.15. The Bertz CT molecular complexity index is 365. The van der Waals surface area contributed by atoms with Crippen LogP contribution in [-0.4, -0.2) is 19.1 Å². The molecule has 2 rings (SSSR count). The molecule has 1 amide bonds. The van der Waals surface area contributed by atoms with Crippen LogP contribution in [0.25, 0.3) is 0 Å². The van der Waals surface area contributed by atoms with E-state index in [1.807, 2.05) is 12.1 Å². The number of fused-ring (bicyclic) bond motifs is 1. The van der Waals surface area contributed by atoms with Crippen molar-refractivity contribution in [3.63, 3.8) is 0 Å². The van der Waals surface area contributed by atoms with Crippen LogP contribution in [0, 0.1) is 0 Å². The molecule has 0 saturated heterocycles. The topological polar surface area (TPSA) is 50.4 Å². The molecule has 0 unspecified atom stereocenters. The lowest BCUT2D eigenvalue weighted by molar-refractivity contribution is -0.133. The van der Waals surface area contributed by atoms with E-state index in [-0.39, 0.29) is 11.9 Å². The Morgan fingerprint density at radius 1 is 1.47 bits per heavy atom. The van der Waals surface area contributed by atoms with Gasteiger partial charge in [0.05, 0.1) is 13.2 Å².